The number of anilines is 1. The van der Waals surface area contributed by atoms with Gasteiger partial charge >= 0.3 is 0 Å². The Balaban J connectivity index is 1.86. The molecular formula is C17H22N2O3. The van der Waals surface area contributed by atoms with Crippen LogP contribution in [0.2, 0.25) is 0 Å². The monoisotopic (exact) mass is 302 g/mol. The third-order valence-electron chi connectivity index (χ3n) is 3.33. The summed E-state index contributed by atoms with van der Waals surface area (Å²) in [6.07, 6.45) is 0. The molecule has 1 heterocycles. The number of methoxy groups -OCH3 is 1. The molecule has 1 aromatic heterocycles. The van der Waals surface area contributed by atoms with Crippen LogP contribution < -0.4 is 10.6 Å². The van der Waals surface area contributed by atoms with Crippen molar-refractivity contribution in [3.63, 3.8) is 0 Å². The highest BCUT2D eigenvalue weighted by Crippen LogP contribution is 2.14. The molecule has 0 aliphatic heterocycles. The molecule has 0 aliphatic rings. The lowest BCUT2D eigenvalue weighted by molar-refractivity contribution is 0.0949. The quantitative estimate of drug-likeness (QED) is 0.772. The molecule has 1 amide bonds. The molecule has 2 aromatic rings. The summed E-state index contributed by atoms with van der Waals surface area (Å²) in [5, 5.41) is 6.15. The predicted molar refractivity (Wildman–Crippen MR) is 86.2 cm³/mol. The average molecular weight is 302 g/mol. The van der Waals surface area contributed by atoms with Crippen LogP contribution in [-0.4, -0.2) is 26.2 Å². The first-order valence-electron chi connectivity index (χ1n) is 7.27. The van der Waals surface area contributed by atoms with Crippen LogP contribution in [0, 0.1) is 13.8 Å². The van der Waals surface area contributed by atoms with E-state index in [4.69, 9.17) is 9.15 Å². The molecule has 0 radical (unpaired) electrons. The molecule has 0 aliphatic carbocycles. The second-order valence-electron chi connectivity index (χ2n) is 5.13. The molecule has 0 atom stereocenters. The molecule has 5 nitrogen and oxygen atoms in total. The van der Waals surface area contributed by atoms with Crippen molar-refractivity contribution >= 4 is 11.6 Å². The molecule has 118 valence electrons. The van der Waals surface area contributed by atoms with Crippen LogP contribution in [0.1, 0.15) is 27.4 Å². The fourth-order valence-electron chi connectivity index (χ4n) is 2.17. The lowest BCUT2D eigenvalue weighted by Gasteiger charge is -2.08. The summed E-state index contributed by atoms with van der Waals surface area (Å²) in [4.78, 5) is 12.1. The van der Waals surface area contributed by atoms with Crippen molar-refractivity contribution in [1.29, 1.82) is 0 Å². The van der Waals surface area contributed by atoms with Crippen LogP contribution in [0.4, 0.5) is 5.69 Å². The van der Waals surface area contributed by atoms with Crippen molar-refractivity contribution in [1.82, 2.24) is 5.32 Å². The van der Waals surface area contributed by atoms with Crippen molar-refractivity contribution in [2.24, 2.45) is 0 Å². The van der Waals surface area contributed by atoms with Crippen LogP contribution in [0.15, 0.2) is 34.7 Å². The zero-order valence-electron chi connectivity index (χ0n) is 13.2. The van der Waals surface area contributed by atoms with E-state index in [1.54, 1.807) is 20.1 Å². The fourth-order valence-corrected chi connectivity index (χ4v) is 2.17. The molecule has 22 heavy (non-hydrogen) atoms. The van der Waals surface area contributed by atoms with Crippen LogP contribution in [0.25, 0.3) is 0 Å². The van der Waals surface area contributed by atoms with Gasteiger partial charge in [0.05, 0.1) is 12.2 Å². The molecule has 0 unspecified atom stereocenters. The minimum Gasteiger partial charge on any atom is -0.466 e. The largest absolute Gasteiger partial charge is 0.466 e. The summed E-state index contributed by atoms with van der Waals surface area (Å²) in [6, 6.07) is 9.72. The van der Waals surface area contributed by atoms with Gasteiger partial charge in [0.2, 0.25) is 0 Å². The van der Waals surface area contributed by atoms with Gasteiger partial charge in [-0.15, -0.1) is 0 Å². The highest BCUT2D eigenvalue weighted by atomic mass is 16.5. The Morgan fingerprint density at radius 3 is 2.55 bits per heavy atom. The van der Waals surface area contributed by atoms with Gasteiger partial charge in [-0.2, -0.15) is 0 Å². The van der Waals surface area contributed by atoms with Crippen LogP contribution in [0.5, 0.6) is 0 Å². The maximum Gasteiger partial charge on any atom is 0.255 e. The number of nitrogens with one attached hydrogen (secondary N) is 2. The number of carbonyl (C=O) groups excluding carboxylic acids is 1. The van der Waals surface area contributed by atoms with E-state index in [1.165, 1.54) is 0 Å². The highest BCUT2D eigenvalue weighted by Gasteiger charge is 2.12. The van der Waals surface area contributed by atoms with Gasteiger partial charge in [0.1, 0.15) is 11.5 Å². The second-order valence-corrected chi connectivity index (χ2v) is 5.13. The first kappa shape index (κ1) is 16.1. The normalized spacial score (nSPS) is 10.5. The van der Waals surface area contributed by atoms with Gasteiger partial charge in [-0.25, -0.2) is 0 Å². The van der Waals surface area contributed by atoms with E-state index in [-0.39, 0.29) is 5.91 Å². The van der Waals surface area contributed by atoms with Gasteiger partial charge in [-0.05, 0) is 37.6 Å². The van der Waals surface area contributed by atoms with E-state index in [0.29, 0.717) is 24.5 Å². The van der Waals surface area contributed by atoms with Crippen LogP contribution in [-0.2, 0) is 11.3 Å². The lowest BCUT2D eigenvalue weighted by Crippen LogP contribution is -2.22. The minimum absolute atomic E-state index is 0.114. The topological polar surface area (TPSA) is 63.5 Å². The number of hydrogen-bond acceptors (Lipinski definition) is 4. The maximum absolute atomic E-state index is 12.1. The van der Waals surface area contributed by atoms with Gasteiger partial charge in [0, 0.05) is 25.9 Å². The van der Waals surface area contributed by atoms with Crippen molar-refractivity contribution in [3.8, 4) is 0 Å². The number of carbonyl (C=O) groups is 1. The number of hydrogen-bond donors (Lipinski definition) is 2. The van der Waals surface area contributed by atoms with Crippen molar-refractivity contribution in [2.45, 2.75) is 20.4 Å². The number of amides is 1. The number of furan rings is 1. The standard InChI is InChI=1S/C17H22N2O3/c1-12-10-16(13(2)22-12)17(20)19-11-14-4-6-15(7-5-14)18-8-9-21-3/h4-7,10,18H,8-9,11H2,1-3H3,(H,19,20). The smallest absolute Gasteiger partial charge is 0.255 e. The van der Waals surface area contributed by atoms with Crippen molar-refractivity contribution in [2.75, 3.05) is 25.6 Å². The Morgan fingerprint density at radius 2 is 1.95 bits per heavy atom. The summed E-state index contributed by atoms with van der Waals surface area (Å²) in [7, 11) is 1.68. The summed E-state index contributed by atoms with van der Waals surface area (Å²) in [5.74, 6) is 1.28. The molecule has 2 N–H and O–H groups in total. The third-order valence-corrected chi connectivity index (χ3v) is 3.33. The number of aryl methyl sites for hydroxylation is 2. The Morgan fingerprint density at radius 1 is 1.23 bits per heavy atom. The molecule has 0 spiro atoms. The minimum atomic E-state index is -0.114. The Hall–Kier alpha value is -2.27. The SMILES string of the molecule is COCCNc1ccc(CNC(=O)c2cc(C)oc2C)cc1. The summed E-state index contributed by atoms with van der Waals surface area (Å²) in [6.45, 7) is 5.55. The second kappa shape index (κ2) is 7.66. The van der Waals surface area contributed by atoms with Gasteiger partial charge in [0.25, 0.3) is 5.91 Å². The molecular weight excluding hydrogens is 280 g/mol. The predicted octanol–water partition coefficient (Wildman–Crippen LogP) is 2.88. The fraction of sp³-hybridized carbons (Fsp3) is 0.353. The molecule has 1 aromatic carbocycles. The molecule has 0 bridgehead atoms. The first-order valence-corrected chi connectivity index (χ1v) is 7.27. The zero-order valence-corrected chi connectivity index (χ0v) is 13.2. The van der Waals surface area contributed by atoms with Gasteiger partial charge in [-0.3, -0.25) is 4.79 Å². The highest BCUT2D eigenvalue weighted by molar-refractivity contribution is 5.95. The van der Waals surface area contributed by atoms with E-state index in [9.17, 15) is 4.79 Å². The van der Waals surface area contributed by atoms with Crippen molar-refractivity contribution < 1.29 is 13.9 Å². The summed E-state index contributed by atoms with van der Waals surface area (Å²) in [5.41, 5.74) is 2.67. The van der Waals surface area contributed by atoms with Crippen molar-refractivity contribution in [3.05, 3.63) is 53.0 Å². The van der Waals surface area contributed by atoms with E-state index in [1.807, 2.05) is 31.2 Å². The zero-order chi connectivity index (χ0) is 15.9. The van der Waals surface area contributed by atoms with E-state index < -0.39 is 0 Å². The molecule has 0 saturated heterocycles. The van der Waals surface area contributed by atoms with Gasteiger partial charge < -0.3 is 19.8 Å². The van der Waals surface area contributed by atoms with E-state index >= 15 is 0 Å². The Kier molecular flexibility index (Phi) is 5.61. The Labute approximate surface area is 130 Å². The Bertz CT molecular complexity index is 617. The van der Waals surface area contributed by atoms with Crippen LogP contribution >= 0.6 is 0 Å². The van der Waals surface area contributed by atoms with Gasteiger partial charge in [-0.1, -0.05) is 12.1 Å². The first-order chi connectivity index (χ1) is 10.6. The summed E-state index contributed by atoms with van der Waals surface area (Å²) < 4.78 is 10.4. The van der Waals surface area contributed by atoms with E-state index in [0.717, 1.165) is 23.6 Å². The summed E-state index contributed by atoms with van der Waals surface area (Å²) >= 11 is 0. The molecule has 0 fully saturated rings. The third kappa shape index (κ3) is 4.36. The van der Waals surface area contributed by atoms with E-state index in [2.05, 4.69) is 10.6 Å². The molecule has 0 saturated carbocycles. The van der Waals surface area contributed by atoms with Crippen LogP contribution in [0.3, 0.4) is 0 Å². The number of rotatable bonds is 7. The molecule has 2 rings (SSSR count). The number of benzene rings is 1. The molecule has 5 heteroatoms. The maximum atomic E-state index is 12.1. The lowest BCUT2D eigenvalue weighted by atomic mass is 10.2. The number of ether oxygens (including phenoxy) is 1. The van der Waals surface area contributed by atoms with Gasteiger partial charge in [0.15, 0.2) is 0 Å². The average Bonchev–Trinajstić information content (AvgIpc) is 2.85.